The monoisotopic (exact) mass is 252 g/mol. The molecule has 1 atom stereocenters. The molecule has 0 spiro atoms. The molecule has 3 heteroatoms. The molecule has 0 aromatic heterocycles. The molecule has 74 valence electrons. The number of halogens is 1. The second kappa shape index (κ2) is 5.79. The van der Waals surface area contributed by atoms with E-state index in [-0.39, 0.29) is 6.04 Å². The van der Waals surface area contributed by atoms with Gasteiger partial charge in [-0.05, 0) is 24.6 Å². The van der Waals surface area contributed by atoms with Gasteiger partial charge in [-0.1, -0.05) is 28.1 Å². The van der Waals surface area contributed by atoms with E-state index in [4.69, 9.17) is 5.26 Å². The van der Waals surface area contributed by atoms with E-state index in [0.717, 1.165) is 11.0 Å². The second-order valence-electron chi connectivity index (χ2n) is 3.27. The quantitative estimate of drug-likeness (QED) is 0.895. The van der Waals surface area contributed by atoms with Crippen LogP contribution in [0.2, 0.25) is 0 Å². The minimum Gasteiger partial charge on any atom is -0.309 e. The van der Waals surface area contributed by atoms with Crippen molar-refractivity contribution in [3.63, 3.8) is 0 Å². The molecule has 0 radical (unpaired) electrons. The zero-order valence-electron chi connectivity index (χ0n) is 8.13. The Kier molecular flexibility index (Phi) is 4.64. The number of nitriles is 1. The Labute approximate surface area is 93.1 Å². The number of nitrogens with zero attached hydrogens (tertiary/aromatic N) is 1. The average molecular weight is 253 g/mol. The fraction of sp³-hybridized carbons (Fsp3) is 0.364. The molecule has 0 aliphatic rings. The van der Waals surface area contributed by atoms with Crippen LogP contribution in [0.25, 0.3) is 0 Å². The highest BCUT2D eigenvalue weighted by molar-refractivity contribution is 9.10. The van der Waals surface area contributed by atoms with E-state index in [1.165, 1.54) is 5.56 Å². The maximum Gasteiger partial charge on any atom is 0.0638 e. The fourth-order valence-corrected chi connectivity index (χ4v) is 1.59. The van der Waals surface area contributed by atoms with E-state index >= 15 is 0 Å². The molecule has 0 saturated heterocycles. The van der Waals surface area contributed by atoms with E-state index < -0.39 is 0 Å². The van der Waals surface area contributed by atoms with Gasteiger partial charge in [-0.15, -0.1) is 0 Å². The van der Waals surface area contributed by atoms with Crippen LogP contribution in [-0.2, 0) is 6.54 Å². The van der Waals surface area contributed by atoms with Gasteiger partial charge in [0, 0.05) is 17.1 Å². The molecular formula is C11H13BrN2. The van der Waals surface area contributed by atoms with Gasteiger partial charge in [0.25, 0.3) is 0 Å². The summed E-state index contributed by atoms with van der Waals surface area (Å²) in [5.74, 6) is 0. The van der Waals surface area contributed by atoms with Gasteiger partial charge < -0.3 is 5.32 Å². The summed E-state index contributed by atoms with van der Waals surface area (Å²) in [5, 5.41) is 11.8. The Morgan fingerprint density at radius 3 is 3.00 bits per heavy atom. The van der Waals surface area contributed by atoms with Crippen LogP contribution < -0.4 is 5.32 Å². The van der Waals surface area contributed by atoms with E-state index in [1.54, 1.807) is 0 Å². The molecule has 1 aromatic rings. The van der Waals surface area contributed by atoms with E-state index in [2.05, 4.69) is 39.4 Å². The maximum absolute atomic E-state index is 8.48. The zero-order valence-corrected chi connectivity index (χ0v) is 9.71. The van der Waals surface area contributed by atoms with Crippen LogP contribution in [0.5, 0.6) is 0 Å². The highest BCUT2D eigenvalue weighted by Crippen LogP contribution is 2.11. The topological polar surface area (TPSA) is 35.8 Å². The van der Waals surface area contributed by atoms with Crippen LogP contribution in [0.3, 0.4) is 0 Å². The molecule has 14 heavy (non-hydrogen) atoms. The summed E-state index contributed by atoms with van der Waals surface area (Å²) < 4.78 is 1.09. The maximum atomic E-state index is 8.48. The predicted molar refractivity (Wildman–Crippen MR) is 60.7 cm³/mol. The van der Waals surface area contributed by atoms with E-state index in [9.17, 15) is 0 Å². The molecule has 0 aliphatic heterocycles. The van der Waals surface area contributed by atoms with Crippen molar-refractivity contribution in [1.29, 1.82) is 5.26 Å². The third-order valence-corrected chi connectivity index (χ3v) is 2.43. The van der Waals surface area contributed by atoms with Crippen LogP contribution in [0, 0.1) is 11.3 Å². The van der Waals surface area contributed by atoms with Gasteiger partial charge in [0.15, 0.2) is 0 Å². The fourth-order valence-electron chi connectivity index (χ4n) is 1.15. The number of hydrogen-bond donors (Lipinski definition) is 1. The van der Waals surface area contributed by atoms with Crippen molar-refractivity contribution in [2.45, 2.75) is 25.9 Å². The SMILES string of the molecule is CC(CC#N)NCc1cccc(Br)c1. The number of hydrogen-bond acceptors (Lipinski definition) is 2. The molecule has 0 heterocycles. The second-order valence-corrected chi connectivity index (χ2v) is 4.19. The standard InChI is InChI=1S/C11H13BrN2/c1-9(5-6-13)14-8-10-3-2-4-11(12)7-10/h2-4,7,9,14H,5,8H2,1H3. The van der Waals surface area contributed by atoms with Crippen LogP contribution in [-0.4, -0.2) is 6.04 Å². The minimum absolute atomic E-state index is 0.249. The summed E-state index contributed by atoms with van der Waals surface area (Å²) in [7, 11) is 0. The van der Waals surface area contributed by atoms with Crippen LogP contribution in [0.1, 0.15) is 18.9 Å². The van der Waals surface area contributed by atoms with Crippen LogP contribution in [0.4, 0.5) is 0 Å². The van der Waals surface area contributed by atoms with Gasteiger partial charge >= 0.3 is 0 Å². The van der Waals surface area contributed by atoms with Crippen molar-refractivity contribution < 1.29 is 0 Å². The Morgan fingerprint density at radius 1 is 1.57 bits per heavy atom. The molecule has 0 aliphatic carbocycles. The van der Waals surface area contributed by atoms with Crippen molar-refractivity contribution in [3.8, 4) is 6.07 Å². The van der Waals surface area contributed by atoms with Crippen molar-refractivity contribution in [1.82, 2.24) is 5.32 Å². The van der Waals surface area contributed by atoms with Crippen LogP contribution >= 0.6 is 15.9 Å². The van der Waals surface area contributed by atoms with Crippen molar-refractivity contribution in [2.75, 3.05) is 0 Å². The molecule has 0 saturated carbocycles. The number of nitrogens with one attached hydrogen (secondary N) is 1. The molecular weight excluding hydrogens is 240 g/mol. The predicted octanol–water partition coefficient (Wildman–Crippen LogP) is 2.84. The van der Waals surface area contributed by atoms with Gasteiger partial charge in [-0.2, -0.15) is 5.26 Å². The smallest absolute Gasteiger partial charge is 0.0638 e. The normalized spacial score (nSPS) is 12.1. The molecule has 0 fully saturated rings. The lowest BCUT2D eigenvalue weighted by molar-refractivity contribution is 0.557. The van der Waals surface area contributed by atoms with Crippen LogP contribution in [0.15, 0.2) is 28.7 Å². The summed E-state index contributed by atoms with van der Waals surface area (Å²) in [6.45, 7) is 2.82. The third-order valence-electron chi connectivity index (χ3n) is 1.94. The molecule has 1 unspecified atom stereocenters. The molecule has 1 N–H and O–H groups in total. The molecule has 0 bridgehead atoms. The highest BCUT2D eigenvalue weighted by atomic mass is 79.9. The Bertz CT molecular complexity index is 330. The first kappa shape index (κ1) is 11.2. The summed E-state index contributed by atoms with van der Waals surface area (Å²) >= 11 is 3.42. The summed E-state index contributed by atoms with van der Waals surface area (Å²) in [6.07, 6.45) is 0.550. The van der Waals surface area contributed by atoms with Crippen molar-refractivity contribution >= 4 is 15.9 Å². The number of benzene rings is 1. The van der Waals surface area contributed by atoms with E-state index in [0.29, 0.717) is 6.42 Å². The Hall–Kier alpha value is -0.850. The first-order valence-electron chi connectivity index (χ1n) is 4.57. The van der Waals surface area contributed by atoms with Crippen molar-refractivity contribution in [2.24, 2.45) is 0 Å². The third kappa shape index (κ3) is 3.91. The van der Waals surface area contributed by atoms with Crippen molar-refractivity contribution in [3.05, 3.63) is 34.3 Å². The summed E-state index contributed by atoms with van der Waals surface area (Å²) in [5.41, 5.74) is 1.23. The lowest BCUT2D eigenvalue weighted by Gasteiger charge is -2.09. The Balaban J connectivity index is 2.42. The van der Waals surface area contributed by atoms with Gasteiger partial charge in [0.1, 0.15) is 0 Å². The summed E-state index contributed by atoms with van der Waals surface area (Å²) in [6, 6.07) is 10.5. The van der Waals surface area contributed by atoms with Gasteiger partial charge in [0.2, 0.25) is 0 Å². The molecule has 2 nitrogen and oxygen atoms in total. The lowest BCUT2D eigenvalue weighted by atomic mass is 10.2. The van der Waals surface area contributed by atoms with Gasteiger partial charge in [0.05, 0.1) is 12.5 Å². The lowest BCUT2D eigenvalue weighted by Crippen LogP contribution is -2.24. The highest BCUT2D eigenvalue weighted by Gasteiger charge is 2.00. The first-order valence-corrected chi connectivity index (χ1v) is 5.36. The summed E-state index contributed by atoms with van der Waals surface area (Å²) in [4.78, 5) is 0. The first-order chi connectivity index (χ1) is 6.72. The Morgan fingerprint density at radius 2 is 2.36 bits per heavy atom. The zero-order chi connectivity index (χ0) is 10.4. The molecule has 0 amide bonds. The van der Waals surface area contributed by atoms with Gasteiger partial charge in [-0.3, -0.25) is 0 Å². The molecule has 1 aromatic carbocycles. The largest absolute Gasteiger partial charge is 0.309 e. The average Bonchev–Trinajstić information content (AvgIpc) is 2.15. The van der Waals surface area contributed by atoms with Gasteiger partial charge in [-0.25, -0.2) is 0 Å². The van der Waals surface area contributed by atoms with E-state index in [1.807, 2.05) is 19.1 Å². The minimum atomic E-state index is 0.249. The molecule has 1 rings (SSSR count). The number of rotatable bonds is 4.